The molecule has 0 radical (unpaired) electrons. The smallest absolute Gasteiger partial charge is 0.341 e. The highest BCUT2D eigenvalue weighted by molar-refractivity contribution is 8.00. The number of carbonyl (C=O) groups excluding carboxylic acids is 3. The van der Waals surface area contributed by atoms with Crippen LogP contribution in [0.3, 0.4) is 0 Å². The van der Waals surface area contributed by atoms with Crippen LogP contribution in [0.5, 0.6) is 0 Å². The van der Waals surface area contributed by atoms with E-state index in [1.165, 1.54) is 30.2 Å². The predicted molar refractivity (Wildman–Crippen MR) is 177 cm³/mol. The van der Waals surface area contributed by atoms with Gasteiger partial charge in [-0.2, -0.15) is 0 Å². The fourth-order valence-electron chi connectivity index (χ4n) is 5.71. The number of aryl methyl sites for hydroxylation is 1. The second-order valence-corrected chi connectivity index (χ2v) is 14.2. The highest BCUT2D eigenvalue weighted by Gasteiger charge is 2.37. The molecule has 2 heterocycles. The molecular formula is C33H33N3O4S3. The van der Waals surface area contributed by atoms with Gasteiger partial charge >= 0.3 is 12.0 Å². The number of ether oxygens (including phenoxy) is 1. The Balaban J connectivity index is 1.17. The van der Waals surface area contributed by atoms with Crippen LogP contribution in [0.1, 0.15) is 47.0 Å². The topological polar surface area (TPSA) is 87.7 Å². The lowest BCUT2D eigenvalue weighted by molar-refractivity contribution is -0.115. The highest BCUT2D eigenvalue weighted by atomic mass is 32.2. The standard InChI is InChI=1S/C33H33N3O4S3/c1-3-25(30(37)35-31-29(32(38)40-2)22-13-4-7-16-26(22)43-31)41-21-12-10-11-20(19-21)34-33(39)36-23-14-5-8-17-27(23)42-28-18-9-6-15-24(28)36/h5-6,8-12,14-15,17-19,23,25,27H,3-4,7,13,16H2,1-2H3,(H,34,39)(H,35,37). The zero-order valence-electron chi connectivity index (χ0n) is 24.0. The van der Waals surface area contributed by atoms with Gasteiger partial charge in [0.25, 0.3) is 0 Å². The minimum Gasteiger partial charge on any atom is -0.465 e. The number of thiophene rings is 1. The lowest BCUT2D eigenvalue weighted by Crippen LogP contribution is -2.49. The van der Waals surface area contributed by atoms with Crippen LogP contribution in [0, 0.1) is 0 Å². The van der Waals surface area contributed by atoms with Crippen molar-refractivity contribution in [3.8, 4) is 0 Å². The van der Waals surface area contributed by atoms with Crippen LogP contribution in [0.15, 0.2) is 82.6 Å². The number of nitrogens with one attached hydrogen (secondary N) is 2. The van der Waals surface area contributed by atoms with Crippen molar-refractivity contribution in [1.29, 1.82) is 0 Å². The second kappa shape index (κ2) is 13.0. The molecule has 6 rings (SSSR count). The van der Waals surface area contributed by atoms with Crippen LogP contribution in [0.2, 0.25) is 0 Å². The molecular weight excluding hydrogens is 599 g/mol. The summed E-state index contributed by atoms with van der Waals surface area (Å²) in [6.45, 7) is 1.97. The first-order valence-corrected chi connectivity index (χ1v) is 17.1. The van der Waals surface area contributed by atoms with Crippen LogP contribution in [0.25, 0.3) is 0 Å². The zero-order valence-corrected chi connectivity index (χ0v) is 26.5. The first kappa shape index (κ1) is 29.6. The largest absolute Gasteiger partial charge is 0.465 e. The Morgan fingerprint density at radius 2 is 1.86 bits per heavy atom. The molecule has 10 heteroatoms. The Morgan fingerprint density at radius 3 is 2.70 bits per heavy atom. The molecule has 3 aliphatic rings. The van der Waals surface area contributed by atoms with E-state index in [4.69, 9.17) is 4.74 Å². The number of nitrogens with zero attached hydrogens (tertiary/aromatic N) is 1. The maximum atomic E-state index is 13.7. The van der Waals surface area contributed by atoms with Gasteiger partial charge in [-0.15, -0.1) is 34.9 Å². The molecule has 3 atom stereocenters. The van der Waals surface area contributed by atoms with E-state index in [-0.39, 0.29) is 28.5 Å². The van der Waals surface area contributed by atoms with Crippen LogP contribution in [-0.4, -0.2) is 41.6 Å². The molecule has 1 aromatic heterocycles. The number of hydrogen-bond acceptors (Lipinski definition) is 7. The number of esters is 1. The van der Waals surface area contributed by atoms with E-state index in [0.29, 0.717) is 22.7 Å². The summed E-state index contributed by atoms with van der Waals surface area (Å²) in [7, 11) is 1.38. The maximum Gasteiger partial charge on any atom is 0.341 e. The van der Waals surface area contributed by atoms with Crippen molar-refractivity contribution >= 4 is 69.1 Å². The van der Waals surface area contributed by atoms with E-state index in [9.17, 15) is 14.4 Å². The van der Waals surface area contributed by atoms with Crippen LogP contribution >= 0.6 is 34.9 Å². The number of carbonyl (C=O) groups is 3. The summed E-state index contributed by atoms with van der Waals surface area (Å²) in [6.07, 6.45) is 12.7. The van der Waals surface area contributed by atoms with Gasteiger partial charge in [-0.1, -0.05) is 49.4 Å². The highest BCUT2D eigenvalue weighted by Crippen LogP contribution is 2.44. The molecule has 222 valence electrons. The average molecular weight is 632 g/mol. The molecule has 3 aromatic rings. The van der Waals surface area contributed by atoms with Crippen molar-refractivity contribution in [2.24, 2.45) is 0 Å². The number of benzene rings is 2. The maximum absolute atomic E-state index is 13.7. The molecule has 7 nitrogen and oxygen atoms in total. The van der Waals surface area contributed by atoms with Gasteiger partial charge in [0.1, 0.15) is 5.00 Å². The number of urea groups is 1. The number of allylic oxidation sites excluding steroid dienone is 2. The first-order chi connectivity index (χ1) is 21.0. The van der Waals surface area contributed by atoms with Gasteiger partial charge < -0.3 is 15.4 Å². The van der Waals surface area contributed by atoms with Gasteiger partial charge in [0, 0.05) is 20.4 Å². The Bertz CT molecular complexity index is 1610. The van der Waals surface area contributed by atoms with Crippen molar-refractivity contribution in [3.05, 3.63) is 88.8 Å². The third-order valence-electron chi connectivity index (χ3n) is 7.79. The van der Waals surface area contributed by atoms with Gasteiger partial charge in [-0.25, -0.2) is 9.59 Å². The van der Waals surface area contributed by atoms with Crippen molar-refractivity contribution in [2.45, 2.75) is 65.4 Å². The number of methoxy groups -OCH3 is 1. The van der Waals surface area contributed by atoms with E-state index < -0.39 is 5.97 Å². The molecule has 0 saturated carbocycles. The fourth-order valence-corrected chi connectivity index (χ4v) is 9.26. The Morgan fingerprint density at radius 1 is 1.05 bits per heavy atom. The van der Waals surface area contributed by atoms with Gasteiger partial charge in [0.05, 0.1) is 34.9 Å². The quantitative estimate of drug-likeness (QED) is 0.203. The summed E-state index contributed by atoms with van der Waals surface area (Å²) < 4.78 is 5.07. The number of anilines is 3. The van der Waals surface area contributed by atoms with Crippen LogP contribution in [0.4, 0.5) is 21.2 Å². The molecule has 3 unspecified atom stereocenters. The van der Waals surface area contributed by atoms with E-state index >= 15 is 0 Å². The molecule has 2 aliphatic carbocycles. The summed E-state index contributed by atoms with van der Waals surface area (Å²) in [5.41, 5.74) is 3.07. The SMILES string of the molecule is CCC(Sc1cccc(NC(=O)N2c3ccccc3SC3C=CC=CC32)c1)C(=O)Nc1sc2c(c1C(=O)OC)CCCC2. The van der Waals surface area contributed by atoms with Crippen molar-refractivity contribution < 1.29 is 19.1 Å². The molecule has 3 amide bonds. The van der Waals surface area contributed by atoms with E-state index in [1.807, 2.05) is 66.4 Å². The van der Waals surface area contributed by atoms with Gasteiger partial charge in [0.15, 0.2) is 0 Å². The average Bonchev–Trinajstić information content (AvgIpc) is 3.39. The summed E-state index contributed by atoms with van der Waals surface area (Å²) in [4.78, 5) is 44.8. The third kappa shape index (κ3) is 6.14. The number of para-hydroxylation sites is 1. The molecule has 2 aromatic carbocycles. The minimum atomic E-state index is -0.403. The summed E-state index contributed by atoms with van der Waals surface area (Å²) in [5, 5.41) is 6.48. The first-order valence-electron chi connectivity index (χ1n) is 14.5. The number of fused-ring (bicyclic) bond motifs is 3. The Kier molecular flexibility index (Phi) is 8.97. The third-order valence-corrected chi connectivity index (χ3v) is 11.7. The summed E-state index contributed by atoms with van der Waals surface area (Å²) >= 11 is 4.70. The van der Waals surface area contributed by atoms with E-state index in [2.05, 4.69) is 28.9 Å². The summed E-state index contributed by atoms with van der Waals surface area (Å²) in [6, 6.07) is 15.3. The normalized spacial score (nSPS) is 19.1. The molecule has 1 aliphatic heterocycles. The molecule has 2 N–H and O–H groups in total. The van der Waals surface area contributed by atoms with E-state index in [1.54, 1.807) is 11.8 Å². The van der Waals surface area contributed by atoms with Crippen LogP contribution < -0.4 is 15.5 Å². The van der Waals surface area contributed by atoms with Gasteiger partial charge in [-0.3, -0.25) is 9.69 Å². The molecule has 43 heavy (non-hydrogen) atoms. The second-order valence-electron chi connectivity index (χ2n) is 10.5. The Hall–Kier alpha value is -3.47. The number of hydrogen-bond donors (Lipinski definition) is 2. The number of rotatable bonds is 7. The Labute approximate surface area is 264 Å². The predicted octanol–water partition coefficient (Wildman–Crippen LogP) is 7.93. The number of thioether (sulfide) groups is 2. The lowest BCUT2D eigenvalue weighted by atomic mass is 9.95. The van der Waals surface area contributed by atoms with Crippen LogP contribution in [-0.2, 0) is 22.4 Å². The minimum absolute atomic E-state index is 0.0894. The molecule has 0 spiro atoms. The van der Waals surface area contributed by atoms with Crippen molar-refractivity contribution in [1.82, 2.24) is 0 Å². The molecule has 0 fully saturated rings. The van der Waals surface area contributed by atoms with E-state index in [0.717, 1.165) is 51.6 Å². The van der Waals surface area contributed by atoms with Gasteiger partial charge in [0.2, 0.25) is 5.91 Å². The molecule has 0 saturated heterocycles. The molecule has 0 bridgehead atoms. The zero-order chi connectivity index (χ0) is 29.9. The van der Waals surface area contributed by atoms with Gasteiger partial charge in [-0.05, 0) is 68.0 Å². The summed E-state index contributed by atoms with van der Waals surface area (Å²) in [5.74, 6) is -0.559. The lowest BCUT2D eigenvalue weighted by Gasteiger charge is -2.40. The monoisotopic (exact) mass is 631 g/mol. The number of amides is 3. The fraction of sp³-hybridized carbons (Fsp3) is 0.303. The van der Waals surface area contributed by atoms with Crippen molar-refractivity contribution in [3.63, 3.8) is 0 Å². The van der Waals surface area contributed by atoms with Crippen molar-refractivity contribution in [2.75, 3.05) is 22.6 Å².